The van der Waals surface area contributed by atoms with Gasteiger partial charge in [0.1, 0.15) is 12.1 Å². The summed E-state index contributed by atoms with van der Waals surface area (Å²) in [5, 5.41) is 18.8. The Kier molecular flexibility index (Phi) is 6.61. The molecule has 0 aliphatic heterocycles. The summed E-state index contributed by atoms with van der Waals surface area (Å²) in [6.07, 6.45) is -0.394. The Bertz CT molecular complexity index is 1320. The molecule has 0 spiro atoms. The van der Waals surface area contributed by atoms with Gasteiger partial charge in [-0.2, -0.15) is 23.1 Å². The van der Waals surface area contributed by atoms with Crippen molar-refractivity contribution < 1.29 is 36.6 Å². The van der Waals surface area contributed by atoms with Crippen molar-refractivity contribution in [1.82, 2.24) is 15.0 Å². The zero-order valence-corrected chi connectivity index (χ0v) is 22.8. The van der Waals surface area contributed by atoms with Crippen LogP contribution in [0.2, 0.25) is 0 Å². The van der Waals surface area contributed by atoms with Crippen molar-refractivity contribution in [3.63, 3.8) is 0 Å². The highest BCUT2D eigenvalue weighted by Gasteiger charge is 2.66. The fourth-order valence-electron chi connectivity index (χ4n) is 9.67. The predicted molar refractivity (Wildman–Crippen MR) is 135 cm³/mol. The lowest BCUT2D eigenvalue weighted by molar-refractivity contribution is -0.294. The molecule has 0 bridgehead atoms. The van der Waals surface area contributed by atoms with Gasteiger partial charge in [0, 0.05) is 13.0 Å². The Balaban J connectivity index is 1.22. The van der Waals surface area contributed by atoms with Crippen LogP contribution in [0.1, 0.15) is 64.7 Å². The number of hydrogen-bond donors (Lipinski definition) is 1. The third-order valence-corrected chi connectivity index (χ3v) is 11.5. The fraction of sp³-hybridized carbons (Fsp3) is 0.759. The first-order valence-corrected chi connectivity index (χ1v) is 14.3. The summed E-state index contributed by atoms with van der Waals surface area (Å²) >= 11 is 0. The van der Waals surface area contributed by atoms with Gasteiger partial charge in [-0.1, -0.05) is 6.92 Å². The fourth-order valence-corrected chi connectivity index (χ4v) is 9.67. The maximum absolute atomic E-state index is 14.1. The van der Waals surface area contributed by atoms with E-state index < -0.39 is 28.8 Å². The molecular weight excluding hydrogens is 533 g/mol. The molecular formula is C29H36F5N3O3. The summed E-state index contributed by atoms with van der Waals surface area (Å²) in [5.74, 6) is -1.90. The molecule has 0 unspecified atom stereocenters. The quantitative estimate of drug-likeness (QED) is 0.457. The number of ketones is 1. The van der Waals surface area contributed by atoms with Gasteiger partial charge in [0.15, 0.2) is 28.5 Å². The van der Waals surface area contributed by atoms with Crippen molar-refractivity contribution in [3.05, 3.63) is 23.8 Å². The molecule has 1 aromatic heterocycles. The Morgan fingerprint density at radius 1 is 1.07 bits per heavy atom. The van der Waals surface area contributed by atoms with Crippen LogP contribution in [0.3, 0.4) is 0 Å². The van der Waals surface area contributed by atoms with Crippen LogP contribution in [-0.2, 0) is 16.1 Å². The normalized spacial score (nSPS) is 39.5. The number of methoxy groups -OCH3 is 1. The largest absolute Gasteiger partial charge is 0.417 e. The molecule has 6 rings (SSSR count). The van der Waals surface area contributed by atoms with E-state index in [-0.39, 0.29) is 77.6 Å². The molecule has 8 atom stereocenters. The molecule has 2 aromatic rings. The number of aliphatic hydroxyl groups is 1. The van der Waals surface area contributed by atoms with Crippen LogP contribution in [-0.4, -0.2) is 51.4 Å². The number of alkyl halides is 3. The van der Waals surface area contributed by atoms with Gasteiger partial charge in [0.25, 0.3) is 0 Å². The van der Waals surface area contributed by atoms with E-state index in [1.165, 1.54) is 6.07 Å². The smallest absolute Gasteiger partial charge is 0.384 e. The zero-order valence-electron chi connectivity index (χ0n) is 22.8. The van der Waals surface area contributed by atoms with Gasteiger partial charge in [0.05, 0.1) is 6.61 Å². The molecule has 4 fully saturated rings. The van der Waals surface area contributed by atoms with Gasteiger partial charge < -0.3 is 9.84 Å². The average molecular weight is 570 g/mol. The van der Waals surface area contributed by atoms with Crippen LogP contribution in [0, 0.1) is 52.1 Å². The lowest BCUT2D eigenvalue weighted by Crippen LogP contribution is -2.61. The van der Waals surface area contributed by atoms with E-state index in [0.717, 1.165) is 36.5 Å². The van der Waals surface area contributed by atoms with E-state index >= 15 is 0 Å². The predicted octanol–water partition coefficient (Wildman–Crippen LogP) is 5.86. The lowest BCUT2D eigenvalue weighted by atomic mass is 9.43. The lowest BCUT2D eigenvalue weighted by Gasteiger charge is -2.62. The first-order chi connectivity index (χ1) is 18.8. The summed E-state index contributed by atoms with van der Waals surface area (Å²) in [4.78, 5) is 14.8. The van der Waals surface area contributed by atoms with E-state index in [4.69, 9.17) is 4.74 Å². The number of ether oxygens (including phenoxy) is 1. The minimum atomic E-state index is -4.65. The SMILES string of the molecule is COC[C@]12CC[C@](O)(C(F)(F)F)C[C@H]1CC[C@H]1[C@@H]3CC[C@H](C(=O)Cn4nc5ccc(F)c(F)c5n4)[C@@]3(C)CC[C@@H]12. The summed E-state index contributed by atoms with van der Waals surface area (Å²) in [5.41, 5.74) is -3.32. The van der Waals surface area contributed by atoms with Crippen molar-refractivity contribution in [1.29, 1.82) is 0 Å². The summed E-state index contributed by atoms with van der Waals surface area (Å²) < 4.78 is 74.7. The molecule has 40 heavy (non-hydrogen) atoms. The summed E-state index contributed by atoms with van der Waals surface area (Å²) in [7, 11) is 1.60. The van der Waals surface area contributed by atoms with Gasteiger partial charge >= 0.3 is 6.18 Å². The van der Waals surface area contributed by atoms with Gasteiger partial charge in [-0.05, 0) is 104 Å². The molecule has 1 aromatic carbocycles. The Morgan fingerprint density at radius 2 is 1.85 bits per heavy atom. The molecule has 0 amide bonds. The van der Waals surface area contributed by atoms with Gasteiger partial charge in [-0.15, -0.1) is 5.10 Å². The molecule has 1 N–H and O–H groups in total. The number of benzene rings is 1. The third kappa shape index (κ3) is 4.04. The Hall–Kier alpha value is -2.14. The molecule has 220 valence electrons. The van der Waals surface area contributed by atoms with Crippen molar-refractivity contribution in [2.45, 2.75) is 83.0 Å². The first-order valence-electron chi connectivity index (χ1n) is 14.3. The van der Waals surface area contributed by atoms with Gasteiger partial charge in [0.2, 0.25) is 0 Å². The van der Waals surface area contributed by atoms with Crippen molar-refractivity contribution in [3.8, 4) is 0 Å². The van der Waals surface area contributed by atoms with Crippen LogP contribution in [0.25, 0.3) is 11.0 Å². The van der Waals surface area contributed by atoms with Crippen LogP contribution in [0.4, 0.5) is 22.0 Å². The molecule has 1 heterocycles. The number of nitrogens with zero attached hydrogens (tertiary/aromatic N) is 3. The second-order valence-electron chi connectivity index (χ2n) is 13.2. The topological polar surface area (TPSA) is 77.2 Å². The standard InChI is InChI=1S/C29H36F5N3O3/c1-26-10-9-19-17(4-3-16-13-28(39,29(32,33)34)12-11-27(16,19)15-40-2)18(26)5-6-20(26)23(38)14-37-35-22-8-7-21(30)24(31)25(22)36-37/h7-8,16-20,39H,3-6,9-15H2,1-2H3/t16-,17+,18+,19+,20-,26+,27-,28-/m1/s1. The number of aromatic nitrogens is 3. The maximum Gasteiger partial charge on any atom is 0.417 e. The Morgan fingerprint density at radius 3 is 2.58 bits per heavy atom. The number of hydrogen-bond acceptors (Lipinski definition) is 5. The van der Waals surface area contributed by atoms with Crippen molar-refractivity contribution in [2.75, 3.05) is 13.7 Å². The number of Topliss-reactive ketones (excluding diaryl/α,β-unsaturated/α-hetero) is 1. The van der Waals surface area contributed by atoms with Crippen molar-refractivity contribution in [2.24, 2.45) is 40.4 Å². The number of halogens is 5. The number of fused-ring (bicyclic) bond motifs is 6. The molecule has 6 nitrogen and oxygen atoms in total. The minimum Gasteiger partial charge on any atom is -0.384 e. The van der Waals surface area contributed by atoms with Crippen LogP contribution < -0.4 is 0 Å². The average Bonchev–Trinajstić information content (AvgIpc) is 3.47. The molecule has 0 radical (unpaired) electrons. The van der Waals surface area contributed by atoms with Crippen molar-refractivity contribution >= 4 is 16.8 Å². The molecule has 11 heteroatoms. The zero-order chi connectivity index (χ0) is 28.7. The second-order valence-corrected chi connectivity index (χ2v) is 13.2. The van der Waals surface area contributed by atoms with Crippen LogP contribution >= 0.6 is 0 Å². The Labute approximate surface area is 229 Å². The van der Waals surface area contributed by atoms with E-state index in [0.29, 0.717) is 19.4 Å². The van der Waals surface area contributed by atoms with Crippen LogP contribution in [0.5, 0.6) is 0 Å². The number of carbonyl (C=O) groups excluding carboxylic acids is 1. The van der Waals surface area contributed by atoms with Gasteiger partial charge in [-0.25, -0.2) is 8.78 Å². The van der Waals surface area contributed by atoms with E-state index in [1.54, 1.807) is 7.11 Å². The minimum absolute atomic E-state index is 0.0298. The van der Waals surface area contributed by atoms with E-state index in [9.17, 15) is 31.9 Å². The molecule has 4 aliphatic carbocycles. The molecule has 4 aliphatic rings. The second kappa shape index (κ2) is 9.44. The maximum atomic E-state index is 14.1. The monoisotopic (exact) mass is 569 g/mol. The molecule has 0 saturated heterocycles. The van der Waals surface area contributed by atoms with E-state index in [2.05, 4.69) is 17.1 Å². The first kappa shape index (κ1) is 28.0. The highest BCUT2D eigenvalue weighted by molar-refractivity contribution is 5.82. The number of rotatable bonds is 5. The molecule has 4 saturated carbocycles. The van der Waals surface area contributed by atoms with Crippen LogP contribution in [0.15, 0.2) is 12.1 Å². The van der Waals surface area contributed by atoms with Gasteiger partial charge in [-0.3, -0.25) is 4.79 Å². The highest BCUT2D eigenvalue weighted by atomic mass is 19.4. The summed E-state index contributed by atoms with van der Waals surface area (Å²) in [6.45, 7) is 2.43. The van der Waals surface area contributed by atoms with E-state index in [1.807, 2.05) is 0 Å². The third-order valence-electron chi connectivity index (χ3n) is 11.5. The number of carbonyl (C=O) groups is 1. The highest BCUT2D eigenvalue weighted by Crippen LogP contribution is 2.69. The summed E-state index contributed by atoms with van der Waals surface area (Å²) in [6, 6.07) is 2.32.